The van der Waals surface area contributed by atoms with Gasteiger partial charge in [0.2, 0.25) is 5.91 Å². The lowest BCUT2D eigenvalue weighted by molar-refractivity contribution is -0.139. The van der Waals surface area contributed by atoms with Crippen molar-refractivity contribution in [2.75, 3.05) is 58.4 Å². The summed E-state index contributed by atoms with van der Waals surface area (Å²) in [5, 5.41) is 4.96. The first-order valence-corrected chi connectivity index (χ1v) is 11.9. The first-order valence-electron chi connectivity index (χ1n) is 11.9. The summed E-state index contributed by atoms with van der Waals surface area (Å²) in [4.78, 5) is 20.2. The molecule has 1 aliphatic carbocycles. The standard InChI is InChI=1S/C25H37N5O2/c1-20-23(19-29(13-8-18-32-3)25(31)21-9-7-10-21)24(28-16-14-27(2)15-17-28)30(26-20)22-11-5-4-6-12-22/h4-6,11-12,21H,7-10,13-19H2,1-3H3. The fraction of sp³-hybridized carbons (Fsp3) is 0.600. The van der Waals surface area contributed by atoms with Gasteiger partial charge >= 0.3 is 0 Å². The molecule has 0 spiro atoms. The van der Waals surface area contributed by atoms with Gasteiger partial charge in [-0.25, -0.2) is 4.68 Å². The van der Waals surface area contributed by atoms with Gasteiger partial charge in [0.25, 0.3) is 0 Å². The van der Waals surface area contributed by atoms with Crippen LogP contribution in [0.1, 0.15) is 36.9 Å². The zero-order valence-electron chi connectivity index (χ0n) is 19.8. The molecule has 1 amide bonds. The molecular weight excluding hydrogens is 402 g/mol. The highest BCUT2D eigenvalue weighted by molar-refractivity contribution is 5.80. The van der Waals surface area contributed by atoms with Crippen LogP contribution in [0.3, 0.4) is 0 Å². The Labute approximate surface area is 191 Å². The molecule has 0 atom stereocenters. The van der Waals surface area contributed by atoms with Crippen molar-refractivity contribution in [2.45, 2.75) is 39.2 Å². The Kier molecular flexibility index (Phi) is 7.48. The van der Waals surface area contributed by atoms with E-state index in [1.54, 1.807) is 7.11 Å². The van der Waals surface area contributed by atoms with Crippen LogP contribution in [0.25, 0.3) is 5.69 Å². The number of hydrogen-bond donors (Lipinski definition) is 0. The van der Waals surface area contributed by atoms with Crippen molar-refractivity contribution in [1.29, 1.82) is 0 Å². The SMILES string of the molecule is COCCCN(Cc1c(C)nn(-c2ccccc2)c1N1CCN(C)CC1)C(=O)C1CCC1. The first-order chi connectivity index (χ1) is 15.6. The minimum Gasteiger partial charge on any atom is -0.385 e. The molecule has 1 saturated heterocycles. The van der Waals surface area contributed by atoms with E-state index in [1.165, 1.54) is 12.0 Å². The van der Waals surface area contributed by atoms with Crippen LogP contribution >= 0.6 is 0 Å². The van der Waals surface area contributed by atoms with Gasteiger partial charge in [-0.2, -0.15) is 5.10 Å². The first kappa shape index (κ1) is 22.8. The molecule has 2 aromatic rings. The van der Waals surface area contributed by atoms with E-state index in [4.69, 9.17) is 9.84 Å². The van der Waals surface area contributed by atoms with Crippen LogP contribution in [0.2, 0.25) is 0 Å². The molecule has 7 nitrogen and oxygen atoms in total. The monoisotopic (exact) mass is 439 g/mol. The lowest BCUT2D eigenvalue weighted by atomic mass is 9.84. The van der Waals surface area contributed by atoms with Gasteiger partial charge in [-0.1, -0.05) is 24.6 Å². The number of hydrogen-bond acceptors (Lipinski definition) is 5. The van der Waals surface area contributed by atoms with E-state index < -0.39 is 0 Å². The van der Waals surface area contributed by atoms with Crippen LogP contribution in [0.4, 0.5) is 5.82 Å². The van der Waals surface area contributed by atoms with Gasteiger partial charge in [-0.05, 0) is 45.4 Å². The fourth-order valence-electron chi connectivity index (χ4n) is 4.60. The van der Waals surface area contributed by atoms with E-state index in [9.17, 15) is 4.79 Å². The number of rotatable bonds is 9. The third-order valence-corrected chi connectivity index (χ3v) is 6.85. The Bertz CT molecular complexity index is 885. The average Bonchev–Trinajstić information content (AvgIpc) is 3.09. The lowest BCUT2D eigenvalue weighted by Crippen LogP contribution is -2.46. The second-order valence-corrected chi connectivity index (χ2v) is 9.16. The van der Waals surface area contributed by atoms with Gasteiger partial charge in [0.05, 0.1) is 17.9 Å². The molecule has 2 heterocycles. The molecule has 2 fully saturated rings. The average molecular weight is 440 g/mol. The normalized spacial score (nSPS) is 17.4. The number of likely N-dealkylation sites (N-methyl/N-ethyl adjacent to an activating group) is 1. The van der Waals surface area contributed by atoms with E-state index in [0.29, 0.717) is 19.1 Å². The second-order valence-electron chi connectivity index (χ2n) is 9.16. The summed E-state index contributed by atoms with van der Waals surface area (Å²) in [5.41, 5.74) is 3.23. The molecular formula is C25H37N5O2. The number of carbonyl (C=O) groups is 1. The molecule has 1 aromatic carbocycles. The largest absolute Gasteiger partial charge is 0.385 e. The molecule has 174 valence electrons. The lowest BCUT2D eigenvalue weighted by Gasteiger charge is -2.36. The van der Waals surface area contributed by atoms with Gasteiger partial charge in [0.15, 0.2) is 0 Å². The van der Waals surface area contributed by atoms with E-state index >= 15 is 0 Å². The number of para-hydroxylation sites is 1. The molecule has 0 N–H and O–H groups in total. The van der Waals surface area contributed by atoms with E-state index in [0.717, 1.165) is 69.2 Å². The summed E-state index contributed by atoms with van der Waals surface area (Å²) in [5.74, 6) is 1.62. The van der Waals surface area contributed by atoms with Gasteiger partial charge in [0, 0.05) is 57.9 Å². The van der Waals surface area contributed by atoms with Crippen LogP contribution in [-0.2, 0) is 16.1 Å². The summed E-state index contributed by atoms with van der Waals surface area (Å²) < 4.78 is 7.35. The zero-order chi connectivity index (χ0) is 22.5. The summed E-state index contributed by atoms with van der Waals surface area (Å²) >= 11 is 0. The summed E-state index contributed by atoms with van der Waals surface area (Å²) in [6.45, 7) is 8.05. The predicted molar refractivity (Wildman–Crippen MR) is 127 cm³/mol. The van der Waals surface area contributed by atoms with Crippen molar-refractivity contribution in [3.8, 4) is 5.69 Å². The third kappa shape index (κ3) is 4.99. The molecule has 32 heavy (non-hydrogen) atoms. The van der Waals surface area contributed by atoms with Gasteiger partial charge in [-0.3, -0.25) is 4.79 Å². The fourth-order valence-corrected chi connectivity index (χ4v) is 4.60. The molecule has 1 aliphatic heterocycles. The number of benzene rings is 1. The number of aromatic nitrogens is 2. The molecule has 4 rings (SSSR count). The minimum absolute atomic E-state index is 0.189. The van der Waals surface area contributed by atoms with Crippen molar-refractivity contribution in [2.24, 2.45) is 5.92 Å². The van der Waals surface area contributed by atoms with E-state index in [1.807, 2.05) is 6.07 Å². The number of ether oxygens (including phenoxy) is 1. The topological polar surface area (TPSA) is 53.8 Å². The van der Waals surface area contributed by atoms with Gasteiger partial charge in [-0.15, -0.1) is 0 Å². The third-order valence-electron chi connectivity index (χ3n) is 6.85. The number of amides is 1. The number of aryl methyl sites for hydroxylation is 1. The highest BCUT2D eigenvalue weighted by Crippen LogP contribution is 2.32. The highest BCUT2D eigenvalue weighted by atomic mass is 16.5. The molecule has 7 heteroatoms. The highest BCUT2D eigenvalue weighted by Gasteiger charge is 2.32. The molecule has 1 aromatic heterocycles. The maximum Gasteiger partial charge on any atom is 0.225 e. The maximum absolute atomic E-state index is 13.3. The molecule has 0 radical (unpaired) electrons. The smallest absolute Gasteiger partial charge is 0.225 e. The minimum atomic E-state index is 0.189. The van der Waals surface area contributed by atoms with Crippen LogP contribution in [0, 0.1) is 12.8 Å². The zero-order valence-corrected chi connectivity index (χ0v) is 19.8. The number of piperazine rings is 1. The van der Waals surface area contributed by atoms with Crippen LogP contribution in [-0.4, -0.2) is 79.0 Å². The van der Waals surface area contributed by atoms with Crippen molar-refractivity contribution in [3.05, 3.63) is 41.6 Å². The number of methoxy groups -OCH3 is 1. The molecule has 2 aliphatic rings. The Balaban J connectivity index is 1.67. The Hall–Kier alpha value is -2.38. The summed E-state index contributed by atoms with van der Waals surface area (Å²) in [7, 11) is 3.89. The number of carbonyl (C=O) groups excluding carboxylic acids is 1. The van der Waals surface area contributed by atoms with Crippen molar-refractivity contribution >= 4 is 11.7 Å². The van der Waals surface area contributed by atoms with Crippen LogP contribution < -0.4 is 4.90 Å². The Morgan fingerprint density at radius 3 is 2.50 bits per heavy atom. The molecule has 0 bridgehead atoms. The molecule has 1 saturated carbocycles. The summed E-state index contributed by atoms with van der Waals surface area (Å²) in [6, 6.07) is 10.3. The van der Waals surface area contributed by atoms with Crippen LogP contribution in [0.5, 0.6) is 0 Å². The second kappa shape index (κ2) is 10.5. The van der Waals surface area contributed by atoms with Crippen molar-refractivity contribution in [3.63, 3.8) is 0 Å². The Morgan fingerprint density at radius 2 is 1.88 bits per heavy atom. The number of anilines is 1. The maximum atomic E-state index is 13.3. The predicted octanol–water partition coefficient (Wildman–Crippen LogP) is 3.10. The molecule has 0 unspecified atom stereocenters. The van der Waals surface area contributed by atoms with E-state index in [2.05, 4.69) is 57.6 Å². The van der Waals surface area contributed by atoms with E-state index in [-0.39, 0.29) is 5.92 Å². The quantitative estimate of drug-likeness (QED) is 0.562. The number of nitrogens with zero attached hydrogens (tertiary/aromatic N) is 5. The Morgan fingerprint density at radius 1 is 1.16 bits per heavy atom. The van der Waals surface area contributed by atoms with Crippen molar-refractivity contribution in [1.82, 2.24) is 19.6 Å². The van der Waals surface area contributed by atoms with Crippen molar-refractivity contribution < 1.29 is 9.53 Å². The summed E-state index contributed by atoms with van der Waals surface area (Å²) in [6.07, 6.45) is 4.06. The van der Waals surface area contributed by atoms with Gasteiger partial charge in [0.1, 0.15) is 5.82 Å². The van der Waals surface area contributed by atoms with Crippen LogP contribution in [0.15, 0.2) is 30.3 Å². The van der Waals surface area contributed by atoms with Gasteiger partial charge < -0.3 is 19.4 Å².